The van der Waals surface area contributed by atoms with Crippen LogP contribution < -0.4 is 5.73 Å². The summed E-state index contributed by atoms with van der Waals surface area (Å²) < 4.78 is 32.5. The molecule has 0 fully saturated rings. The highest BCUT2D eigenvalue weighted by Crippen LogP contribution is 2.06. The summed E-state index contributed by atoms with van der Waals surface area (Å²) in [6.45, 7) is 0.766. The number of H-pyrrole nitrogens is 1. The number of unbranched alkanes of at least 4 members (excludes halogenated alkanes) is 1. The molecule has 1 aromatic rings. The summed E-state index contributed by atoms with van der Waals surface area (Å²) in [5.41, 5.74) is 5.36. The second-order valence-electron chi connectivity index (χ2n) is 2.87. The first-order valence-corrected chi connectivity index (χ1v) is 6.61. The fourth-order valence-corrected chi connectivity index (χ4v) is 1.23. The molecule has 0 radical (unpaired) electrons. The average Bonchev–Trinajstić information content (AvgIpc) is 2.49. The Morgan fingerprint density at radius 2 is 2.00 bits per heavy atom. The first-order chi connectivity index (χ1) is 7.33. The predicted molar refractivity (Wildman–Crippen MR) is 62.5 cm³/mol. The molecule has 0 aromatic carbocycles. The SMILES string of the molecule is NCCCCc1ncc(Br)[nH]1.O=S(=O)(O)O. The first kappa shape index (κ1) is 15.5. The van der Waals surface area contributed by atoms with E-state index in [1.807, 2.05) is 0 Å². The van der Waals surface area contributed by atoms with Crippen LogP contribution in [0.3, 0.4) is 0 Å². The number of nitrogens with zero attached hydrogens (tertiary/aromatic N) is 1. The second-order valence-corrected chi connectivity index (χ2v) is 4.62. The summed E-state index contributed by atoms with van der Waals surface area (Å²) in [5, 5.41) is 0. The highest BCUT2D eigenvalue weighted by molar-refractivity contribution is 9.10. The lowest BCUT2D eigenvalue weighted by atomic mass is 10.2. The van der Waals surface area contributed by atoms with Gasteiger partial charge >= 0.3 is 10.4 Å². The van der Waals surface area contributed by atoms with Crippen molar-refractivity contribution < 1.29 is 17.5 Å². The molecule has 1 heterocycles. The van der Waals surface area contributed by atoms with E-state index >= 15 is 0 Å². The number of imidazole rings is 1. The number of aryl methyl sites for hydroxylation is 1. The molecule has 0 spiro atoms. The van der Waals surface area contributed by atoms with Gasteiger partial charge in [0.25, 0.3) is 0 Å². The molecule has 0 saturated heterocycles. The molecule has 94 valence electrons. The second kappa shape index (κ2) is 7.74. The van der Waals surface area contributed by atoms with Gasteiger partial charge in [-0.25, -0.2) is 4.98 Å². The van der Waals surface area contributed by atoms with E-state index in [9.17, 15) is 0 Å². The Morgan fingerprint density at radius 1 is 1.44 bits per heavy atom. The topological polar surface area (TPSA) is 129 Å². The highest BCUT2D eigenvalue weighted by atomic mass is 79.9. The minimum absolute atomic E-state index is 0.766. The van der Waals surface area contributed by atoms with Crippen molar-refractivity contribution in [3.05, 3.63) is 16.6 Å². The maximum Gasteiger partial charge on any atom is 0.394 e. The van der Waals surface area contributed by atoms with Crippen molar-refractivity contribution >= 4 is 26.3 Å². The largest absolute Gasteiger partial charge is 0.394 e. The fourth-order valence-electron chi connectivity index (χ4n) is 0.901. The van der Waals surface area contributed by atoms with Gasteiger partial charge < -0.3 is 10.7 Å². The van der Waals surface area contributed by atoms with Crippen molar-refractivity contribution in [3.8, 4) is 0 Å². The molecule has 5 N–H and O–H groups in total. The van der Waals surface area contributed by atoms with Gasteiger partial charge in [-0.05, 0) is 35.3 Å². The molecule has 1 aromatic heterocycles. The van der Waals surface area contributed by atoms with E-state index < -0.39 is 10.4 Å². The lowest BCUT2D eigenvalue weighted by Gasteiger charge is -1.93. The molecule has 0 unspecified atom stereocenters. The maximum absolute atomic E-state index is 8.74. The van der Waals surface area contributed by atoms with Crippen LogP contribution >= 0.6 is 15.9 Å². The quantitative estimate of drug-likeness (QED) is 0.480. The predicted octanol–water partition coefficient (Wildman–Crippen LogP) is 0.801. The summed E-state index contributed by atoms with van der Waals surface area (Å²) >= 11 is 3.30. The smallest absolute Gasteiger partial charge is 0.337 e. The van der Waals surface area contributed by atoms with Gasteiger partial charge in [-0.2, -0.15) is 8.42 Å². The molecular weight excluding hydrogens is 302 g/mol. The highest BCUT2D eigenvalue weighted by Gasteiger charge is 1.96. The van der Waals surface area contributed by atoms with Gasteiger partial charge in [0.15, 0.2) is 0 Å². The molecule has 0 saturated carbocycles. The Hall–Kier alpha value is -0.480. The minimum Gasteiger partial charge on any atom is -0.337 e. The Labute approximate surface area is 102 Å². The number of aromatic amines is 1. The zero-order valence-corrected chi connectivity index (χ0v) is 10.8. The summed E-state index contributed by atoms with van der Waals surface area (Å²) in [6, 6.07) is 0. The van der Waals surface area contributed by atoms with Crippen molar-refractivity contribution in [2.24, 2.45) is 5.73 Å². The molecular formula is C7H14BrN3O4S. The molecule has 0 aliphatic heterocycles. The molecule has 0 atom stereocenters. The molecule has 7 nitrogen and oxygen atoms in total. The van der Waals surface area contributed by atoms with Crippen molar-refractivity contribution in [2.45, 2.75) is 19.3 Å². The zero-order valence-electron chi connectivity index (χ0n) is 8.43. The molecule has 0 aliphatic carbocycles. The number of hydrogen-bond donors (Lipinski definition) is 4. The monoisotopic (exact) mass is 315 g/mol. The van der Waals surface area contributed by atoms with Gasteiger partial charge in [0.2, 0.25) is 0 Å². The third-order valence-corrected chi connectivity index (χ3v) is 1.87. The van der Waals surface area contributed by atoms with Crippen molar-refractivity contribution in [3.63, 3.8) is 0 Å². The standard InChI is InChI=1S/C7H12BrN3.H2O4S/c8-6-5-10-7(11-6)3-1-2-4-9;1-5(2,3)4/h5H,1-4,9H2,(H,10,11);(H2,1,2,3,4). The van der Waals surface area contributed by atoms with Crippen LogP contribution in [0, 0.1) is 0 Å². The summed E-state index contributed by atoms with van der Waals surface area (Å²) in [5.74, 6) is 1.03. The van der Waals surface area contributed by atoms with Crippen LogP contribution in [-0.4, -0.2) is 34.0 Å². The van der Waals surface area contributed by atoms with Gasteiger partial charge in [-0.1, -0.05) is 0 Å². The minimum atomic E-state index is -4.67. The van der Waals surface area contributed by atoms with E-state index in [1.54, 1.807) is 6.20 Å². The van der Waals surface area contributed by atoms with E-state index in [0.29, 0.717) is 0 Å². The van der Waals surface area contributed by atoms with Gasteiger partial charge in [-0.15, -0.1) is 0 Å². The third kappa shape index (κ3) is 11.6. The van der Waals surface area contributed by atoms with Crippen molar-refractivity contribution in [1.29, 1.82) is 0 Å². The molecule has 0 bridgehead atoms. The van der Waals surface area contributed by atoms with E-state index in [2.05, 4.69) is 25.9 Å². The lowest BCUT2D eigenvalue weighted by molar-refractivity contribution is 0.381. The first-order valence-electron chi connectivity index (χ1n) is 4.42. The van der Waals surface area contributed by atoms with Crippen LogP contribution in [0.4, 0.5) is 0 Å². The maximum atomic E-state index is 8.74. The van der Waals surface area contributed by atoms with Crippen molar-refractivity contribution in [1.82, 2.24) is 9.97 Å². The lowest BCUT2D eigenvalue weighted by Crippen LogP contribution is -1.99. The Bertz CT molecular complexity index is 384. The molecule has 9 heteroatoms. The van der Waals surface area contributed by atoms with Gasteiger partial charge in [0.1, 0.15) is 10.4 Å². The van der Waals surface area contributed by atoms with Gasteiger partial charge in [-0.3, -0.25) is 9.11 Å². The number of rotatable bonds is 4. The molecule has 0 amide bonds. The Morgan fingerprint density at radius 3 is 2.38 bits per heavy atom. The van der Waals surface area contributed by atoms with Gasteiger partial charge in [0, 0.05) is 6.42 Å². The molecule has 16 heavy (non-hydrogen) atoms. The number of nitrogens with one attached hydrogen (secondary N) is 1. The number of aromatic nitrogens is 2. The van der Waals surface area contributed by atoms with Gasteiger partial charge in [0.05, 0.1) is 6.20 Å². The number of halogens is 1. The summed E-state index contributed by atoms with van der Waals surface area (Å²) in [4.78, 5) is 7.24. The summed E-state index contributed by atoms with van der Waals surface area (Å²) in [6.07, 6.45) is 4.94. The third-order valence-electron chi connectivity index (χ3n) is 1.47. The van der Waals surface area contributed by atoms with Crippen molar-refractivity contribution in [2.75, 3.05) is 6.54 Å². The summed E-state index contributed by atoms with van der Waals surface area (Å²) in [7, 11) is -4.67. The van der Waals surface area contributed by atoms with Crippen LogP contribution in [0.15, 0.2) is 10.8 Å². The molecule has 0 aliphatic rings. The number of hydrogen-bond acceptors (Lipinski definition) is 4. The normalized spacial score (nSPS) is 10.8. The van der Waals surface area contributed by atoms with E-state index in [0.717, 1.165) is 36.2 Å². The Balaban J connectivity index is 0.000000385. The zero-order chi connectivity index (χ0) is 12.6. The number of nitrogens with two attached hydrogens (primary N) is 1. The fraction of sp³-hybridized carbons (Fsp3) is 0.571. The average molecular weight is 316 g/mol. The van der Waals surface area contributed by atoms with E-state index in [4.69, 9.17) is 23.3 Å². The molecule has 1 rings (SSSR count). The van der Waals surface area contributed by atoms with E-state index in [1.165, 1.54) is 0 Å². The van der Waals surface area contributed by atoms with Crippen LogP contribution in [0.2, 0.25) is 0 Å². The van der Waals surface area contributed by atoms with Crippen LogP contribution in [-0.2, 0) is 16.8 Å². The van der Waals surface area contributed by atoms with E-state index in [-0.39, 0.29) is 0 Å². The van der Waals surface area contributed by atoms with Crippen LogP contribution in [0.5, 0.6) is 0 Å². The Kier molecular flexibility index (Phi) is 7.51. The van der Waals surface area contributed by atoms with Crippen LogP contribution in [0.1, 0.15) is 18.7 Å². The van der Waals surface area contributed by atoms with Crippen LogP contribution in [0.25, 0.3) is 0 Å².